The second-order valence-corrected chi connectivity index (χ2v) is 5.21. The standard InChI is InChI=1S/C14H14ClNOS/c1-17-13-7-6-11(16)8-10(13)9-18-14-5-3-2-4-12(14)15/h2-8H,9,16H2,1H3. The van der Waals surface area contributed by atoms with Crippen LogP contribution in [0.4, 0.5) is 5.69 Å². The predicted octanol–water partition coefficient (Wildman–Crippen LogP) is 4.22. The number of nitrogens with two attached hydrogens (primary N) is 1. The Bertz CT molecular complexity index is 545. The average molecular weight is 280 g/mol. The van der Waals surface area contributed by atoms with Gasteiger partial charge in [0.15, 0.2) is 0 Å². The molecule has 0 amide bonds. The van der Waals surface area contributed by atoms with Crippen LogP contribution in [0.3, 0.4) is 0 Å². The van der Waals surface area contributed by atoms with Gasteiger partial charge in [-0.25, -0.2) is 0 Å². The smallest absolute Gasteiger partial charge is 0.123 e. The van der Waals surface area contributed by atoms with Gasteiger partial charge in [0.2, 0.25) is 0 Å². The summed E-state index contributed by atoms with van der Waals surface area (Å²) in [7, 11) is 1.66. The minimum absolute atomic E-state index is 0.741. The van der Waals surface area contributed by atoms with Crippen LogP contribution >= 0.6 is 23.4 Å². The Morgan fingerprint density at radius 2 is 2.00 bits per heavy atom. The number of rotatable bonds is 4. The Morgan fingerprint density at radius 1 is 1.22 bits per heavy atom. The fourth-order valence-electron chi connectivity index (χ4n) is 1.63. The SMILES string of the molecule is COc1ccc(N)cc1CSc1ccccc1Cl. The van der Waals surface area contributed by atoms with E-state index in [4.69, 9.17) is 22.1 Å². The van der Waals surface area contributed by atoms with Crippen LogP contribution in [0.15, 0.2) is 47.4 Å². The first-order valence-corrected chi connectivity index (χ1v) is 6.87. The summed E-state index contributed by atoms with van der Waals surface area (Å²) in [4.78, 5) is 1.06. The lowest BCUT2D eigenvalue weighted by atomic mass is 10.2. The van der Waals surface area contributed by atoms with Gasteiger partial charge >= 0.3 is 0 Å². The Morgan fingerprint density at radius 3 is 2.72 bits per heavy atom. The van der Waals surface area contributed by atoms with Crippen LogP contribution in [0.1, 0.15) is 5.56 Å². The van der Waals surface area contributed by atoms with Gasteiger partial charge in [-0.3, -0.25) is 0 Å². The van der Waals surface area contributed by atoms with Crippen molar-refractivity contribution in [2.75, 3.05) is 12.8 Å². The summed E-state index contributed by atoms with van der Waals surface area (Å²) < 4.78 is 5.32. The third kappa shape index (κ3) is 3.12. The molecule has 0 aromatic heterocycles. The number of hydrogen-bond acceptors (Lipinski definition) is 3. The Balaban J connectivity index is 2.15. The van der Waals surface area contributed by atoms with Gasteiger partial charge in [-0.2, -0.15) is 0 Å². The van der Waals surface area contributed by atoms with Crippen LogP contribution in [-0.2, 0) is 5.75 Å². The van der Waals surface area contributed by atoms with Crippen molar-refractivity contribution in [2.45, 2.75) is 10.6 Å². The van der Waals surface area contributed by atoms with Crippen LogP contribution in [0.25, 0.3) is 0 Å². The van der Waals surface area contributed by atoms with Gasteiger partial charge in [-0.05, 0) is 30.3 Å². The molecule has 2 N–H and O–H groups in total. The van der Waals surface area contributed by atoms with Crippen LogP contribution in [0.2, 0.25) is 5.02 Å². The first-order valence-electron chi connectivity index (χ1n) is 5.50. The fraction of sp³-hybridized carbons (Fsp3) is 0.143. The number of halogens is 1. The van der Waals surface area contributed by atoms with E-state index in [1.165, 1.54) is 0 Å². The monoisotopic (exact) mass is 279 g/mol. The molecule has 0 aliphatic heterocycles. The molecule has 94 valence electrons. The highest BCUT2D eigenvalue weighted by molar-refractivity contribution is 7.98. The van der Waals surface area contributed by atoms with Gasteiger partial charge in [-0.1, -0.05) is 23.7 Å². The second-order valence-electron chi connectivity index (χ2n) is 3.79. The van der Waals surface area contributed by atoms with Gasteiger partial charge in [0.25, 0.3) is 0 Å². The molecule has 4 heteroatoms. The lowest BCUT2D eigenvalue weighted by Crippen LogP contribution is -1.93. The molecular weight excluding hydrogens is 266 g/mol. The quantitative estimate of drug-likeness (QED) is 0.672. The first kappa shape index (κ1) is 13.1. The van der Waals surface area contributed by atoms with E-state index in [1.807, 2.05) is 42.5 Å². The summed E-state index contributed by atoms with van der Waals surface area (Å²) in [5.41, 5.74) is 7.60. The van der Waals surface area contributed by atoms with Gasteiger partial charge in [0.05, 0.1) is 12.1 Å². The van der Waals surface area contributed by atoms with E-state index in [9.17, 15) is 0 Å². The molecule has 0 aliphatic carbocycles. The molecule has 0 radical (unpaired) electrons. The summed E-state index contributed by atoms with van der Waals surface area (Å²) in [6, 6.07) is 13.5. The Labute approximate surface area is 116 Å². The van der Waals surface area contributed by atoms with E-state index in [2.05, 4.69) is 0 Å². The van der Waals surface area contributed by atoms with Crippen LogP contribution in [0, 0.1) is 0 Å². The molecule has 0 bridgehead atoms. The molecule has 0 fully saturated rings. The number of benzene rings is 2. The molecule has 18 heavy (non-hydrogen) atoms. The van der Waals surface area contributed by atoms with Crippen molar-refractivity contribution in [1.82, 2.24) is 0 Å². The van der Waals surface area contributed by atoms with E-state index >= 15 is 0 Å². The van der Waals surface area contributed by atoms with E-state index in [0.29, 0.717) is 0 Å². The van der Waals surface area contributed by atoms with Gasteiger partial charge in [-0.15, -0.1) is 11.8 Å². The molecule has 2 aromatic rings. The van der Waals surface area contributed by atoms with Gasteiger partial charge in [0, 0.05) is 21.9 Å². The van der Waals surface area contributed by atoms with Crippen LogP contribution in [0.5, 0.6) is 5.75 Å². The Hall–Kier alpha value is -1.32. The van der Waals surface area contributed by atoms with Gasteiger partial charge < -0.3 is 10.5 Å². The minimum Gasteiger partial charge on any atom is -0.496 e. The molecule has 0 aliphatic rings. The first-order chi connectivity index (χ1) is 8.70. The molecule has 0 heterocycles. The molecule has 0 saturated carbocycles. The summed E-state index contributed by atoms with van der Waals surface area (Å²) in [5.74, 6) is 1.63. The zero-order valence-corrected chi connectivity index (χ0v) is 11.6. The lowest BCUT2D eigenvalue weighted by Gasteiger charge is -2.09. The largest absolute Gasteiger partial charge is 0.496 e. The maximum Gasteiger partial charge on any atom is 0.123 e. The van der Waals surface area contributed by atoms with E-state index in [0.717, 1.165) is 32.7 Å². The molecule has 0 atom stereocenters. The van der Waals surface area contributed by atoms with Crippen molar-refractivity contribution >= 4 is 29.1 Å². The third-order valence-electron chi connectivity index (χ3n) is 2.52. The zero-order valence-electron chi connectivity index (χ0n) is 10.0. The normalized spacial score (nSPS) is 10.3. The maximum absolute atomic E-state index is 6.12. The fourth-order valence-corrected chi connectivity index (χ4v) is 2.85. The van der Waals surface area contributed by atoms with E-state index in [-0.39, 0.29) is 0 Å². The zero-order chi connectivity index (χ0) is 13.0. The molecule has 0 spiro atoms. The van der Waals surface area contributed by atoms with E-state index < -0.39 is 0 Å². The average Bonchev–Trinajstić information content (AvgIpc) is 2.38. The number of anilines is 1. The summed E-state index contributed by atoms with van der Waals surface area (Å²) in [6.45, 7) is 0. The van der Waals surface area contributed by atoms with Crippen molar-refractivity contribution in [1.29, 1.82) is 0 Å². The molecule has 2 nitrogen and oxygen atoms in total. The van der Waals surface area contributed by atoms with Gasteiger partial charge in [0.1, 0.15) is 5.75 Å². The van der Waals surface area contributed by atoms with Crippen molar-refractivity contribution in [3.63, 3.8) is 0 Å². The maximum atomic E-state index is 6.12. The van der Waals surface area contributed by atoms with Crippen LogP contribution in [-0.4, -0.2) is 7.11 Å². The summed E-state index contributed by atoms with van der Waals surface area (Å²) in [5, 5.41) is 0.769. The number of thioether (sulfide) groups is 1. The highest BCUT2D eigenvalue weighted by Gasteiger charge is 2.06. The topological polar surface area (TPSA) is 35.2 Å². The van der Waals surface area contributed by atoms with Crippen molar-refractivity contribution in [3.05, 3.63) is 53.1 Å². The lowest BCUT2D eigenvalue weighted by molar-refractivity contribution is 0.411. The second kappa shape index (κ2) is 6.03. The number of hydrogen-bond donors (Lipinski definition) is 1. The van der Waals surface area contributed by atoms with Crippen molar-refractivity contribution < 1.29 is 4.74 Å². The summed E-state index contributed by atoms with van der Waals surface area (Å²) in [6.07, 6.45) is 0. The number of ether oxygens (including phenoxy) is 1. The summed E-state index contributed by atoms with van der Waals surface area (Å²) >= 11 is 7.79. The highest BCUT2D eigenvalue weighted by atomic mass is 35.5. The molecule has 2 aromatic carbocycles. The molecule has 0 saturated heterocycles. The highest BCUT2D eigenvalue weighted by Crippen LogP contribution is 2.32. The van der Waals surface area contributed by atoms with Crippen molar-refractivity contribution in [2.24, 2.45) is 0 Å². The molecule has 0 unspecified atom stereocenters. The predicted molar refractivity (Wildman–Crippen MR) is 78.4 cm³/mol. The van der Waals surface area contributed by atoms with Crippen LogP contribution < -0.4 is 10.5 Å². The van der Waals surface area contributed by atoms with Crippen molar-refractivity contribution in [3.8, 4) is 5.75 Å². The molecular formula is C14H14ClNOS. The molecule has 2 rings (SSSR count). The third-order valence-corrected chi connectivity index (χ3v) is 4.09. The minimum atomic E-state index is 0.741. The van der Waals surface area contributed by atoms with E-state index in [1.54, 1.807) is 18.9 Å². The Kier molecular flexibility index (Phi) is 4.39. The number of nitrogen functional groups attached to an aromatic ring is 1. The number of methoxy groups -OCH3 is 1.